The molecule has 104 valence electrons. The first-order valence-corrected chi connectivity index (χ1v) is 6.33. The van der Waals surface area contributed by atoms with Crippen molar-refractivity contribution in [1.82, 2.24) is 9.97 Å². The molecule has 3 N–H and O–H groups in total. The maximum absolute atomic E-state index is 11.6. The highest BCUT2D eigenvalue weighted by molar-refractivity contribution is 7.71. The van der Waals surface area contributed by atoms with Crippen LogP contribution in [-0.4, -0.2) is 27.9 Å². The molecular formula is C13H13N3O3S. The summed E-state index contributed by atoms with van der Waals surface area (Å²) in [6.07, 6.45) is 1.27. The monoisotopic (exact) mass is 291 g/mol. The predicted molar refractivity (Wildman–Crippen MR) is 78.8 cm³/mol. The van der Waals surface area contributed by atoms with Gasteiger partial charge in [0.1, 0.15) is 11.3 Å². The number of aromatic amines is 2. The zero-order chi connectivity index (χ0) is 14.5. The lowest BCUT2D eigenvalue weighted by atomic mass is 10.3. The Bertz CT molecular complexity index is 732. The van der Waals surface area contributed by atoms with Crippen molar-refractivity contribution < 1.29 is 9.84 Å². The highest BCUT2D eigenvalue weighted by atomic mass is 32.1. The van der Waals surface area contributed by atoms with Crippen molar-refractivity contribution in [3.8, 4) is 11.6 Å². The standard InChI is InChI=1S/C13H13N3O3S/c1-2-19-9-5-3-8(4-6-9)14-7-10-11(17)15-13(20)16-12(10)18/h3-7H,2H2,1H3,(H3,15,16,17,18,20). The van der Waals surface area contributed by atoms with Crippen LogP contribution in [0.3, 0.4) is 0 Å². The molecule has 0 saturated carbocycles. The second-order valence-electron chi connectivity index (χ2n) is 3.86. The summed E-state index contributed by atoms with van der Waals surface area (Å²) in [5.74, 6) is 0.435. The molecule has 0 amide bonds. The van der Waals surface area contributed by atoms with E-state index in [0.717, 1.165) is 5.75 Å². The van der Waals surface area contributed by atoms with Gasteiger partial charge in [0.05, 0.1) is 12.3 Å². The molecule has 0 spiro atoms. The SMILES string of the molecule is CCOc1ccc(N=Cc2c(O)[nH]c(=S)[nH]c2=O)cc1. The van der Waals surface area contributed by atoms with Crippen LogP contribution in [-0.2, 0) is 0 Å². The van der Waals surface area contributed by atoms with E-state index in [1.54, 1.807) is 24.3 Å². The van der Waals surface area contributed by atoms with Gasteiger partial charge in [-0.15, -0.1) is 0 Å². The maximum Gasteiger partial charge on any atom is 0.264 e. The van der Waals surface area contributed by atoms with Gasteiger partial charge in [-0.2, -0.15) is 0 Å². The average molecular weight is 291 g/mol. The minimum Gasteiger partial charge on any atom is -0.494 e. The van der Waals surface area contributed by atoms with Gasteiger partial charge in [0.2, 0.25) is 5.88 Å². The third-order valence-corrected chi connectivity index (χ3v) is 2.65. The van der Waals surface area contributed by atoms with Gasteiger partial charge in [-0.1, -0.05) is 0 Å². The number of nitrogens with one attached hydrogen (secondary N) is 2. The van der Waals surface area contributed by atoms with Crippen LogP contribution in [0.15, 0.2) is 34.1 Å². The van der Waals surface area contributed by atoms with Crippen molar-refractivity contribution in [3.63, 3.8) is 0 Å². The van der Waals surface area contributed by atoms with Crippen molar-refractivity contribution in [1.29, 1.82) is 0 Å². The summed E-state index contributed by atoms with van der Waals surface area (Å²) in [6, 6.07) is 7.05. The van der Waals surface area contributed by atoms with Crippen molar-refractivity contribution >= 4 is 24.1 Å². The molecule has 0 aliphatic carbocycles. The Morgan fingerprint density at radius 3 is 2.65 bits per heavy atom. The minimum atomic E-state index is -0.499. The fraction of sp³-hybridized carbons (Fsp3) is 0.154. The number of hydrogen-bond donors (Lipinski definition) is 3. The van der Waals surface area contributed by atoms with Crippen LogP contribution in [0, 0.1) is 4.77 Å². The molecule has 1 heterocycles. The third-order valence-electron chi connectivity index (χ3n) is 2.45. The molecule has 0 unspecified atom stereocenters. The van der Waals surface area contributed by atoms with Crippen LogP contribution >= 0.6 is 12.2 Å². The zero-order valence-corrected chi connectivity index (χ0v) is 11.5. The molecule has 2 aromatic rings. The molecular weight excluding hydrogens is 278 g/mol. The average Bonchev–Trinajstić information content (AvgIpc) is 2.39. The summed E-state index contributed by atoms with van der Waals surface area (Å²) in [6.45, 7) is 2.50. The lowest BCUT2D eigenvalue weighted by Crippen LogP contribution is -2.13. The molecule has 0 saturated heterocycles. The van der Waals surface area contributed by atoms with Crippen LogP contribution in [0.25, 0.3) is 0 Å². The summed E-state index contributed by atoms with van der Waals surface area (Å²) < 4.78 is 5.37. The van der Waals surface area contributed by atoms with Gasteiger partial charge in [-0.05, 0) is 43.4 Å². The Morgan fingerprint density at radius 1 is 1.35 bits per heavy atom. The molecule has 7 heteroatoms. The maximum atomic E-state index is 11.6. The van der Waals surface area contributed by atoms with Gasteiger partial charge in [0, 0.05) is 6.21 Å². The molecule has 0 atom stereocenters. The number of H-pyrrole nitrogens is 2. The topological polar surface area (TPSA) is 90.5 Å². The Labute approximate surface area is 119 Å². The number of ether oxygens (including phenoxy) is 1. The molecule has 20 heavy (non-hydrogen) atoms. The fourth-order valence-electron chi connectivity index (χ4n) is 1.54. The summed E-state index contributed by atoms with van der Waals surface area (Å²) >= 11 is 4.73. The lowest BCUT2D eigenvalue weighted by molar-refractivity contribution is 0.340. The van der Waals surface area contributed by atoms with Gasteiger partial charge in [-0.25, -0.2) is 0 Å². The smallest absolute Gasteiger partial charge is 0.264 e. The molecule has 0 radical (unpaired) electrons. The van der Waals surface area contributed by atoms with Crippen molar-refractivity contribution in [3.05, 3.63) is 45.0 Å². The number of hydrogen-bond acceptors (Lipinski definition) is 5. The van der Waals surface area contributed by atoms with Crippen LogP contribution in [0.5, 0.6) is 11.6 Å². The quantitative estimate of drug-likeness (QED) is 0.595. The lowest BCUT2D eigenvalue weighted by Gasteiger charge is -2.02. The minimum absolute atomic E-state index is 0.0208. The number of nitrogens with zero attached hydrogens (tertiary/aromatic N) is 1. The van der Waals surface area contributed by atoms with E-state index in [1.807, 2.05) is 6.92 Å². The van der Waals surface area contributed by atoms with Crippen LogP contribution < -0.4 is 10.3 Å². The van der Waals surface area contributed by atoms with E-state index in [2.05, 4.69) is 15.0 Å². The molecule has 0 bridgehead atoms. The zero-order valence-electron chi connectivity index (χ0n) is 10.7. The summed E-state index contributed by atoms with van der Waals surface area (Å²) in [4.78, 5) is 20.5. The van der Waals surface area contributed by atoms with E-state index in [0.29, 0.717) is 12.3 Å². The fourth-order valence-corrected chi connectivity index (χ4v) is 1.73. The van der Waals surface area contributed by atoms with Crippen LogP contribution in [0.1, 0.15) is 12.5 Å². The van der Waals surface area contributed by atoms with E-state index in [4.69, 9.17) is 17.0 Å². The predicted octanol–water partition coefficient (Wildman–Crippen LogP) is 2.29. The Kier molecular flexibility index (Phi) is 4.31. The number of rotatable bonds is 4. The van der Waals surface area contributed by atoms with E-state index < -0.39 is 5.56 Å². The first-order valence-electron chi connectivity index (χ1n) is 5.92. The number of aromatic nitrogens is 2. The van der Waals surface area contributed by atoms with E-state index in [1.165, 1.54) is 6.21 Å². The highest BCUT2D eigenvalue weighted by Crippen LogP contribution is 2.18. The van der Waals surface area contributed by atoms with Crippen molar-refractivity contribution in [2.24, 2.45) is 4.99 Å². The molecule has 1 aromatic carbocycles. The second-order valence-corrected chi connectivity index (χ2v) is 4.26. The van der Waals surface area contributed by atoms with Gasteiger partial charge in [-0.3, -0.25) is 14.8 Å². The second kappa shape index (κ2) is 6.16. The first kappa shape index (κ1) is 14.0. The largest absolute Gasteiger partial charge is 0.494 e. The Hall–Kier alpha value is -2.41. The van der Waals surface area contributed by atoms with Crippen LogP contribution in [0.2, 0.25) is 0 Å². The van der Waals surface area contributed by atoms with E-state index in [-0.39, 0.29) is 16.2 Å². The van der Waals surface area contributed by atoms with E-state index >= 15 is 0 Å². The number of benzene rings is 1. The molecule has 6 nitrogen and oxygen atoms in total. The molecule has 0 fully saturated rings. The number of aromatic hydroxyl groups is 1. The third kappa shape index (κ3) is 3.33. The summed E-state index contributed by atoms with van der Waals surface area (Å²) in [5.41, 5.74) is 0.156. The van der Waals surface area contributed by atoms with Crippen LogP contribution in [0.4, 0.5) is 5.69 Å². The Morgan fingerprint density at radius 2 is 2.05 bits per heavy atom. The first-order chi connectivity index (χ1) is 9.60. The van der Waals surface area contributed by atoms with Crippen molar-refractivity contribution in [2.75, 3.05) is 6.61 Å². The van der Waals surface area contributed by atoms with Crippen molar-refractivity contribution in [2.45, 2.75) is 6.92 Å². The van der Waals surface area contributed by atoms with Gasteiger partial charge < -0.3 is 14.8 Å². The van der Waals surface area contributed by atoms with E-state index in [9.17, 15) is 9.90 Å². The van der Waals surface area contributed by atoms with Gasteiger partial charge >= 0.3 is 0 Å². The summed E-state index contributed by atoms with van der Waals surface area (Å²) in [5, 5.41) is 9.61. The summed E-state index contributed by atoms with van der Waals surface area (Å²) in [7, 11) is 0. The van der Waals surface area contributed by atoms with Gasteiger partial charge in [0.15, 0.2) is 4.77 Å². The number of aliphatic imine (C=N–C) groups is 1. The highest BCUT2D eigenvalue weighted by Gasteiger charge is 2.04. The molecule has 0 aliphatic rings. The molecule has 2 rings (SSSR count). The normalized spacial score (nSPS) is 10.8. The van der Waals surface area contributed by atoms with Gasteiger partial charge in [0.25, 0.3) is 5.56 Å². The molecule has 0 aliphatic heterocycles. The Balaban J connectivity index is 2.25. The molecule has 1 aromatic heterocycles.